The highest BCUT2D eigenvalue weighted by Crippen LogP contribution is 2.31. The molecule has 2 aromatic carbocycles. The first-order chi connectivity index (χ1) is 16.4. The van der Waals surface area contributed by atoms with E-state index in [-0.39, 0.29) is 25.5 Å². The molecule has 176 valence electrons. The zero-order chi connectivity index (χ0) is 24.3. The van der Waals surface area contributed by atoms with Crippen LogP contribution in [0, 0.1) is 18.6 Å². The lowest BCUT2D eigenvalue weighted by molar-refractivity contribution is -0.0697. The molecule has 0 fully saturated rings. The van der Waals surface area contributed by atoms with Crippen molar-refractivity contribution in [2.24, 2.45) is 5.16 Å². The van der Waals surface area contributed by atoms with E-state index in [1.54, 1.807) is 0 Å². The van der Waals surface area contributed by atoms with E-state index in [0.717, 1.165) is 28.8 Å². The molecule has 0 spiro atoms. The Kier molecular flexibility index (Phi) is 6.62. The summed E-state index contributed by atoms with van der Waals surface area (Å²) in [4.78, 5) is 26.2. The number of amides is 1. The van der Waals surface area contributed by atoms with Gasteiger partial charge in [0.05, 0.1) is 30.4 Å². The fourth-order valence-electron chi connectivity index (χ4n) is 3.68. The second-order valence-corrected chi connectivity index (χ2v) is 7.99. The number of halogens is 2. The third-order valence-electron chi connectivity index (χ3n) is 5.62. The van der Waals surface area contributed by atoms with Crippen LogP contribution < -0.4 is 5.32 Å². The monoisotopic (exact) mass is 468 g/mol. The topological polar surface area (TPSA) is 117 Å². The molecule has 34 heavy (non-hydrogen) atoms. The quantitative estimate of drug-likeness (QED) is 0.490. The average molecular weight is 468 g/mol. The summed E-state index contributed by atoms with van der Waals surface area (Å²) in [5.74, 6) is -2.88. The van der Waals surface area contributed by atoms with E-state index in [4.69, 9.17) is 4.84 Å². The molecule has 10 heteroatoms. The number of carbonyl (C=O) groups excluding carboxylic acids is 1. The Morgan fingerprint density at radius 2 is 1.91 bits per heavy atom. The van der Waals surface area contributed by atoms with Gasteiger partial charge < -0.3 is 20.4 Å². The van der Waals surface area contributed by atoms with Gasteiger partial charge in [0.25, 0.3) is 5.91 Å². The van der Waals surface area contributed by atoms with Crippen molar-refractivity contribution in [3.05, 3.63) is 77.1 Å². The maximum Gasteiger partial charge on any atom is 0.262 e. The lowest BCUT2D eigenvalue weighted by Gasteiger charge is -2.22. The number of nitrogens with zero attached hydrogens (tertiary/aromatic N) is 3. The van der Waals surface area contributed by atoms with Crippen molar-refractivity contribution in [3.8, 4) is 11.3 Å². The van der Waals surface area contributed by atoms with Gasteiger partial charge in [-0.1, -0.05) is 23.4 Å². The zero-order valence-corrected chi connectivity index (χ0v) is 18.3. The average Bonchev–Trinajstić information content (AvgIpc) is 3.25. The molecule has 0 bridgehead atoms. The number of oxime groups is 1. The number of aliphatic hydroxyl groups excluding tert-OH is 2. The molecule has 0 radical (unpaired) electrons. The summed E-state index contributed by atoms with van der Waals surface area (Å²) < 4.78 is 27.7. The molecule has 1 aliphatic heterocycles. The molecule has 1 atom stereocenters. The van der Waals surface area contributed by atoms with Gasteiger partial charge in [-0.3, -0.25) is 9.78 Å². The maximum atomic E-state index is 13.8. The molecule has 0 saturated heterocycles. The predicted octanol–water partition coefficient (Wildman–Crippen LogP) is 3.22. The number of hydrogen-bond donors (Lipinski definition) is 3. The molecule has 3 aromatic rings. The lowest BCUT2D eigenvalue weighted by atomic mass is 9.91. The Hall–Kier alpha value is -3.76. The first-order valence-electron chi connectivity index (χ1n) is 10.5. The first kappa shape index (κ1) is 23.4. The van der Waals surface area contributed by atoms with E-state index in [0.29, 0.717) is 17.8 Å². The number of nitrogens with one attached hydrogen (secondary N) is 1. The van der Waals surface area contributed by atoms with Gasteiger partial charge in [0.2, 0.25) is 0 Å². The van der Waals surface area contributed by atoms with Crippen molar-refractivity contribution in [3.63, 3.8) is 0 Å². The van der Waals surface area contributed by atoms with Crippen LogP contribution in [0.2, 0.25) is 0 Å². The summed E-state index contributed by atoms with van der Waals surface area (Å²) in [6, 6.07) is 8.79. The number of benzene rings is 2. The van der Waals surface area contributed by atoms with E-state index in [1.807, 2.05) is 25.1 Å². The second-order valence-electron chi connectivity index (χ2n) is 7.99. The van der Waals surface area contributed by atoms with Gasteiger partial charge in [0, 0.05) is 30.6 Å². The van der Waals surface area contributed by atoms with Crippen molar-refractivity contribution in [1.29, 1.82) is 0 Å². The fourth-order valence-corrected chi connectivity index (χ4v) is 3.68. The van der Waals surface area contributed by atoms with Gasteiger partial charge >= 0.3 is 0 Å². The van der Waals surface area contributed by atoms with Gasteiger partial charge in [-0.25, -0.2) is 13.8 Å². The van der Waals surface area contributed by atoms with Crippen LogP contribution in [0.15, 0.2) is 53.9 Å². The van der Waals surface area contributed by atoms with E-state index >= 15 is 0 Å². The predicted molar refractivity (Wildman–Crippen MR) is 120 cm³/mol. The van der Waals surface area contributed by atoms with Crippen molar-refractivity contribution >= 4 is 17.4 Å². The number of aliphatic hydroxyl groups is 2. The minimum absolute atomic E-state index is 0.0375. The van der Waals surface area contributed by atoms with E-state index in [2.05, 4.69) is 20.4 Å². The Balaban J connectivity index is 1.54. The number of aryl methyl sites for hydroxylation is 1. The SMILES string of the molecule is Cc1ccc(C2=NOC(CO)(CCO)C2)cc1-c1cnc(NC(=O)c2c(F)cccc2F)cn1. The highest BCUT2D eigenvalue weighted by molar-refractivity contribution is 6.04. The highest BCUT2D eigenvalue weighted by atomic mass is 19.1. The molecule has 8 nitrogen and oxygen atoms in total. The maximum absolute atomic E-state index is 13.8. The van der Waals surface area contributed by atoms with Crippen LogP contribution in [-0.2, 0) is 4.84 Å². The third kappa shape index (κ3) is 4.63. The summed E-state index contributed by atoms with van der Waals surface area (Å²) in [7, 11) is 0. The van der Waals surface area contributed by atoms with Crippen molar-refractivity contribution < 1.29 is 28.6 Å². The highest BCUT2D eigenvalue weighted by Gasteiger charge is 2.38. The number of carbonyl (C=O) groups is 1. The molecular weight excluding hydrogens is 446 g/mol. The van der Waals surface area contributed by atoms with Crippen molar-refractivity contribution in [1.82, 2.24) is 9.97 Å². The van der Waals surface area contributed by atoms with E-state index in [1.165, 1.54) is 18.5 Å². The molecule has 1 amide bonds. The van der Waals surface area contributed by atoms with Crippen LogP contribution in [-0.4, -0.2) is 50.6 Å². The second kappa shape index (κ2) is 9.62. The number of aromatic nitrogens is 2. The normalized spacial score (nSPS) is 17.3. The van der Waals surface area contributed by atoms with Gasteiger partial charge in [0.1, 0.15) is 17.2 Å². The molecule has 4 rings (SSSR count). The Bertz CT molecular complexity index is 1230. The number of rotatable bonds is 7. The Labute approximate surface area is 193 Å². The van der Waals surface area contributed by atoms with Gasteiger partial charge in [-0.15, -0.1) is 0 Å². The fraction of sp³-hybridized carbons (Fsp3) is 0.250. The summed E-state index contributed by atoms with van der Waals surface area (Å²) in [6.07, 6.45) is 3.34. The van der Waals surface area contributed by atoms with Crippen LogP contribution in [0.3, 0.4) is 0 Å². The van der Waals surface area contributed by atoms with Crippen LogP contribution >= 0.6 is 0 Å². The zero-order valence-electron chi connectivity index (χ0n) is 18.3. The molecule has 0 aliphatic carbocycles. The molecule has 3 N–H and O–H groups in total. The van der Waals surface area contributed by atoms with E-state index in [9.17, 15) is 23.8 Å². The smallest absolute Gasteiger partial charge is 0.262 e. The summed E-state index contributed by atoms with van der Waals surface area (Å²) >= 11 is 0. The largest absolute Gasteiger partial charge is 0.396 e. The van der Waals surface area contributed by atoms with Crippen LogP contribution in [0.4, 0.5) is 14.6 Å². The summed E-state index contributed by atoms with van der Waals surface area (Å²) in [6.45, 7) is 1.49. The molecule has 1 unspecified atom stereocenters. The van der Waals surface area contributed by atoms with Crippen molar-refractivity contribution in [2.45, 2.75) is 25.4 Å². The molecule has 1 aromatic heterocycles. The summed E-state index contributed by atoms with van der Waals surface area (Å²) in [5, 5.41) is 25.4. The van der Waals surface area contributed by atoms with Crippen molar-refractivity contribution in [2.75, 3.05) is 18.5 Å². The lowest BCUT2D eigenvalue weighted by Crippen LogP contribution is -2.34. The van der Waals surface area contributed by atoms with Crippen LogP contribution in [0.25, 0.3) is 11.3 Å². The standard InChI is InChI=1S/C24H22F2N4O4/c1-14-5-6-15(19-10-24(13-32,7-8-31)34-30-19)9-16(14)20-11-28-21(12-27-20)29-23(33)22-17(25)3-2-4-18(22)26/h2-6,9,11-12,31-32H,7-8,10,13H2,1H3,(H,28,29,33). The molecular formula is C24H22F2N4O4. The number of hydrogen-bond acceptors (Lipinski definition) is 7. The van der Waals surface area contributed by atoms with Gasteiger partial charge in [0.15, 0.2) is 11.4 Å². The van der Waals surface area contributed by atoms with Gasteiger partial charge in [-0.2, -0.15) is 0 Å². The summed E-state index contributed by atoms with van der Waals surface area (Å²) in [5.41, 5.74) is 1.94. The van der Waals surface area contributed by atoms with Crippen LogP contribution in [0.1, 0.15) is 34.3 Å². The Morgan fingerprint density at radius 1 is 1.15 bits per heavy atom. The molecule has 0 saturated carbocycles. The third-order valence-corrected chi connectivity index (χ3v) is 5.62. The Morgan fingerprint density at radius 3 is 2.56 bits per heavy atom. The van der Waals surface area contributed by atoms with Crippen LogP contribution in [0.5, 0.6) is 0 Å². The first-order valence-corrected chi connectivity index (χ1v) is 10.5. The van der Waals surface area contributed by atoms with Gasteiger partial charge in [-0.05, 0) is 30.7 Å². The number of anilines is 1. The van der Waals surface area contributed by atoms with E-state index < -0.39 is 28.7 Å². The molecule has 2 heterocycles. The minimum atomic E-state index is -0.975. The minimum Gasteiger partial charge on any atom is -0.396 e. The molecule has 1 aliphatic rings.